The lowest BCUT2D eigenvalue weighted by Gasteiger charge is -2.44. The first-order valence-corrected chi connectivity index (χ1v) is 9.34. The summed E-state index contributed by atoms with van der Waals surface area (Å²) < 4.78 is 1.22. The van der Waals surface area contributed by atoms with Gasteiger partial charge in [0.15, 0.2) is 0 Å². The molecule has 3 fully saturated rings. The SMILES string of the molecule is Cc1cn(CC(=O)N2CCCC23CCCN(C2CC2)C3=O)c(=O)[nH]c1=O. The molecule has 2 saturated heterocycles. The Morgan fingerprint density at radius 1 is 1.19 bits per heavy atom. The number of hydrogen-bond donors (Lipinski definition) is 1. The van der Waals surface area contributed by atoms with Gasteiger partial charge in [0.05, 0.1) is 0 Å². The highest BCUT2D eigenvalue weighted by Gasteiger charge is 2.54. The molecular weight excluding hydrogens is 336 g/mol. The maximum atomic E-state index is 13.2. The van der Waals surface area contributed by atoms with Crippen LogP contribution in [0.5, 0.6) is 0 Å². The molecule has 1 aromatic rings. The Bertz CT molecular complexity index is 869. The molecule has 26 heavy (non-hydrogen) atoms. The average molecular weight is 360 g/mol. The van der Waals surface area contributed by atoms with Crippen LogP contribution in [0, 0.1) is 6.92 Å². The van der Waals surface area contributed by atoms with E-state index in [1.807, 2.05) is 4.90 Å². The van der Waals surface area contributed by atoms with E-state index in [0.717, 1.165) is 32.2 Å². The van der Waals surface area contributed by atoms with Crippen LogP contribution in [0.3, 0.4) is 0 Å². The summed E-state index contributed by atoms with van der Waals surface area (Å²) in [5, 5.41) is 0. The number of aromatic amines is 1. The number of rotatable bonds is 3. The highest BCUT2D eigenvalue weighted by molar-refractivity contribution is 5.93. The van der Waals surface area contributed by atoms with Gasteiger partial charge in [-0.15, -0.1) is 0 Å². The Morgan fingerprint density at radius 3 is 2.58 bits per heavy atom. The second-order valence-electron chi connectivity index (χ2n) is 7.71. The van der Waals surface area contributed by atoms with Crippen molar-refractivity contribution in [1.29, 1.82) is 0 Å². The molecule has 1 N–H and O–H groups in total. The lowest BCUT2D eigenvalue weighted by atomic mass is 9.85. The molecule has 3 heterocycles. The fourth-order valence-corrected chi connectivity index (χ4v) is 4.44. The molecule has 140 valence electrons. The molecule has 1 atom stereocenters. The van der Waals surface area contributed by atoms with Gasteiger partial charge < -0.3 is 9.80 Å². The van der Waals surface area contributed by atoms with Crippen molar-refractivity contribution >= 4 is 11.8 Å². The van der Waals surface area contributed by atoms with Gasteiger partial charge >= 0.3 is 5.69 Å². The van der Waals surface area contributed by atoms with Crippen LogP contribution in [0.15, 0.2) is 15.8 Å². The van der Waals surface area contributed by atoms with E-state index < -0.39 is 16.8 Å². The first-order chi connectivity index (χ1) is 12.4. The van der Waals surface area contributed by atoms with E-state index in [9.17, 15) is 19.2 Å². The quantitative estimate of drug-likeness (QED) is 0.820. The highest BCUT2D eigenvalue weighted by atomic mass is 16.2. The fraction of sp³-hybridized carbons (Fsp3) is 0.667. The van der Waals surface area contributed by atoms with Gasteiger partial charge in [-0.3, -0.25) is 23.9 Å². The van der Waals surface area contributed by atoms with Gasteiger partial charge in [-0.05, 0) is 45.4 Å². The van der Waals surface area contributed by atoms with E-state index in [2.05, 4.69) is 4.98 Å². The molecule has 8 nitrogen and oxygen atoms in total. The summed E-state index contributed by atoms with van der Waals surface area (Å²) in [6, 6.07) is 0.349. The van der Waals surface area contributed by atoms with E-state index in [4.69, 9.17) is 0 Å². The summed E-state index contributed by atoms with van der Waals surface area (Å²) in [7, 11) is 0. The lowest BCUT2D eigenvalue weighted by Crippen LogP contribution is -2.62. The van der Waals surface area contributed by atoms with Gasteiger partial charge in [0.2, 0.25) is 11.8 Å². The molecule has 4 rings (SSSR count). The van der Waals surface area contributed by atoms with Crippen molar-refractivity contribution in [2.75, 3.05) is 13.1 Å². The number of aromatic nitrogens is 2. The van der Waals surface area contributed by atoms with E-state index >= 15 is 0 Å². The zero-order chi connectivity index (χ0) is 18.5. The van der Waals surface area contributed by atoms with Gasteiger partial charge in [-0.2, -0.15) is 0 Å². The number of amides is 2. The second-order valence-corrected chi connectivity index (χ2v) is 7.71. The lowest BCUT2D eigenvalue weighted by molar-refractivity contribution is -0.156. The first kappa shape index (κ1) is 17.1. The molecule has 1 spiro atoms. The standard InChI is InChI=1S/C18H24N4O4/c1-12-10-20(17(26)19-15(12)24)11-14(23)22-9-3-7-18(22)6-2-8-21(16(18)25)13-4-5-13/h10,13H,2-9,11H2,1H3,(H,19,24,26). The Balaban J connectivity index is 1.59. The van der Waals surface area contributed by atoms with Crippen LogP contribution >= 0.6 is 0 Å². The zero-order valence-corrected chi connectivity index (χ0v) is 15.0. The maximum absolute atomic E-state index is 13.2. The van der Waals surface area contributed by atoms with Gasteiger partial charge in [0.1, 0.15) is 12.1 Å². The minimum atomic E-state index is -0.737. The molecule has 0 radical (unpaired) electrons. The predicted octanol–water partition coefficient (Wildman–Crippen LogP) is -0.00898. The minimum absolute atomic E-state index is 0.0853. The van der Waals surface area contributed by atoms with E-state index in [1.165, 1.54) is 10.8 Å². The van der Waals surface area contributed by atoms with Crippen LogP contribution in [0.1, 0.15) is 44.1 Å². The number of nitrogens with one attached hydrogen (secondary N) is 1. The molecule has 2 amide bonds. The average Bonchev–Trinajstić information content (AvgIpc) is 3.35. The second kappa shape index (κ2) is 6.10. The number of carbonyl (C=O) groups excluding carboxylic acids is 2. The summed E-state index contributed by atoms with van der Waals surface area (Å²) >= 11 is 0. The van der Waals surface area contributed by atoms with Crippen LogP contribution in [0.4, 0.5) is 0 Å². The Hall–Kier alpha value is -2.38. The third-order valence-electron chi connectivity index (χ3n) is 5.92. The third kappa shape index (κ3) is 2.68. The fourth-order valence-electron chi connectivity index (χ4n) is 4.44. The van der Waals surface area contributed by atoms with Crippen molar-refractivity contribution in [2.24, 2.45) is 0 Å². The Labute approximate surface area is 150 Å². The van der Waals surface area contributed by atoms with Crippen LogP contribution in [0.2, 0.25) is 0 Å². The number of carbonyl (C=O) groups is 2. The van der Waals surface area contributed by atoms with Crippen LogP contribution in [-0.4, -0.2) is 55.8 Å². The number of hydrogen-bond acceptors (Lipinski definition) is 4. The predicted molar refractivity (Wildman–Crippen MR) is 93.7 cm³/mol. The molecule has 1 aliphatic carbocycles. The minimum Gasteiger partial charge on any atom is -0.338 e. The molecular formula is C18H24N4O4. The van der Waals surface area contributed by atoms with Crippen LogP contribution in [-0.2, 0) is 16.1 Å². The molecule has 3 aliphatic rings. The Morgan fingerprint density at radius 2 is 1.88 bits per heavy atom. The van der Waals surface area contributed by atoms with E-state index in [1.54, 1.807) is 11.8 Å². The normalized spacial score (nSPS) is 26.0. The van der Waals surface area contributed by atoms with Crippen molar-refractivity contribution < 1.29 is 9.59 Å². The summed E-state index contributed by atoms with van der Waals surface area (Å²) in [5.74, 6) is -0.149. The summed E-state index contributed by atoms with van der Waals surface area (Å²) in [6.45, 7) is 2.76. The molecule has 0 aromatic carbocycles. The number of nitrogens with zero attached hydrogens (tertiary/aromatic N) is 3. The van der Waals surface area contributed by atoms with E-state index in [-0.39, 0.29) is 18.4 Å². The van der Waals surface area contributed by atoms with Crippen molar-refractivity contribution in [3.8, 4) is 0 Å². The van der Waals surface area contributed by atoms with Crippen molar-refractivity contribution in [2.45, 2.75) is 63.6 Å². The van der Waals surface area contributed by atoms with Crippen LogP contribution in [0.25, 0.3) is 0 Å². The van der Waals surface area contributed by atoms with Crippen molar-refractivity contribution in [3.63, 3.8) is 0 Å². The maximum Gasteiger partial charge on any atom is 0.328 e. The van der Waals surface area contributed by atoms with E-state index in [0.29, 0.717) is 31.0 Å². The van der Waals surface area contributed by atoms with Gasteiger partial charge in [0, 0.05) is 30.9 Å². The highest BCUT2D eigenvalue weighted by Crippen LogP contribution is 2.41. The largest absolute Gasteiger partial charge is 0.338 e. The first-order valence-electron chi connectivity index (χ1n) is 9.34. The van der Waals surface area contributed by atoms with Crippen molar-refractivity contribution in [3.05, 3.63) is 32.6 Å². The smallest absolute Gasteiger partial charge is 0.328 e. The molecule has 1 aromatic heterocycles. The van der Waals surface area contributed by atoms with Gasteiger partial charge in [0.25, 0.3) is 5.56 Å². The molecule has 0 bridgehead atoms. The number of likely N-dealkylation sites (tertiary alicyclic amines) is 2. The number of piperidine rings is 1. The summed E-state index contributed by atoms with van der Waals surface area (Å²) in [6.07, 6.45) is 6.62. The number of H-pyrrole nitrogens is 1. The Kier molecular flexibility index (Phi) is 4.00. The molecule has 1 unspecified atom stereocenters. The molecule has 1 saturated carbocycles. The van der Waals surface area contributed by atoms with Crippen molar-refractivity contribution in [1.82, 2.24) is 19.4 Å². The van der Waals surface area contributed by atoms with Gasteiger partial charge in [-0.1, -0.05) is 0 Å². The monoisotopic (exact) mass is 360 g/mol. The van der Waals surface area contributed by atoms with Gasteiger partial charge in [-0.25, -0.2) is 4.79 Å². The van der Waals surface area contributed by atoms with Crippen LogP contribution < -0.4 is 11.2 Å². The molecule has 2 aliphatic heterocycles. The zero-order valence-electron chi connectivity index (χ0n) is 15.0. The molecule has 8 heteroatoms. The summed E-state index contributed by atoms with van der Waals surface area (Å²) in [5.41, 5.74) is -1.41. The third-order valence-corrected chi connectivity index (χ3v) is 5.92. The summed E-state index contributed by atoms with van der Waals surface area (Å²) in [4.78, 5) is 55.5. The topological polar surface area (TPSA) is 95.5 Å². The number of aryl methyl sites for hydroxylation is 1.